The van der Waals surface area contributed by atoms with Crippen molar-refractivity contribution < 1.29 is 9.53 Å². The first kappa shape index (κ1) is 20.7. The zero-order valence-corrected chi connectivity index (χ0v) is 18.2. The van der Waals surface area contributed by atoms with Gasteiger partial charge in [0.15, 0.2) is 16.5 Å². The summed E-state index contributed by atoms with van der Waals surface area (Å²) in [5.74, 6) is 0.662. The quantitative estimate of drug-likeness (QED) is 0.468. The lowest BCUT2D eigenvalue weighted by atomic mass is 10.2. The Morgan fingerprint density at radius 3 is 2.77 bits per heavy atom. The van der Waals surface area contributed by atoms with Gasteiger partial charge in [0, 0.05) is 36.4 Å². The number of fused-ring (bicyclic) bond motifs is 1. The van der Waals surface area contributed by atoms with Gasteiger partial charge in [-0.3, -0.25) is 10.3 Å². The number of hydrogen-bond acceptors (Lipinski definition) is 9. The lowest BCUT2D eigenvalue weighted by molar-refractivity contribution is 0.0636. The van der Waals surface area contributed by atoms with Gasteiger partial charge in [-0.25, -0.2) is 24.4 Å². The fraction of sp³-hybridized carbons (Fsp3) is 0.300. The molecule has 0 aliphatic rings. The van der Waals surface area contributed by atoms with Gasteiger partial charge >= 0.3 is 6.09 Å². The third-order valence-electron chi connectivity index (χ3n) is 4.06. The highest BCUT2D eigenvalue weighted by Crippen LogP contribution is 2.21. The Morgan fingerprint density at radius 2 is 2.00 bits per heavy atom. The van der Waals surface area contributed by atoms with Crippen molar-refractivity contribution in [3.8, 4) is 5.69 Å². The number of thiazole rings is 1. The van der Waals surface area contributed by atoms with E-state index in [1.807, 2.05) is 39.1 Å². The molecule has 0 aromatic carbocycles. The van der Waals surface area contributed by atoms with E-state index in [0.717, 1.165) is 16.1 Å². The van der Waals surface area contributed by atoms with Gasteiger partial charge in [0.05, 0.1) is 11.9 Å². The number of ether oxygens (including phenoxy) is 1. The van der Waals surface area contributed by atoms with E-state index in [0.29, 0.717) is 29.4 Å². The fourth-order valence-electron chi connectivity index (χ4n) is 2.77. The maximum absolute atomic E-state index is 11.9. The summed E-state index contributed by atoms with van der Waals surface area (Å²) in [7, 11) is 0. The monoisotopic (exact) mass is 438 g/mol. The number of nitrogens with one attached hydrogen (secondary N) is 2. The van der Waals surface area contributed by atoms with E-state index in [2.05, 4.69) is 35.7 Å². The summed E-state index contributed by atoms with van der Waals surface area (Å²) in [6.07, 6.45) is 8.74. The molecule has 10 nitrogen and oxygen atoms in total. The number of anilines is 2. The van der Waals surface area contributed by atoms with Crippen molar-refractivity contribution in [2.45, 2.75) is 32.8 Å². The largest absolute Gasteiger partial charge is 0.444 e. The predicted molar refractivity (Wildman–Crippen MR) is 119 cm³/mol. The Kier molecular flexibility index (Phi) is 5.76. The molecule has 160 valence electrons. The molecule has 0 fully saturated rings. The Hall–Kier alpha value is -3.60. The molecule has 0 saturated heterocycles. The second kappa shape index (κ2) is 8.64. The molecule has 0 aliphatic carbocycles. The summed E-state index contributed by atoms with van der Waals surface area (Å²) in [6.45, 7) is 6.07. The van der Waals surface area contributed by atoms with Crippen LogP contribution in [0, 0.1) is 0 Å². The summed E-state index contributed by atoms with van der Waals surface area (Å²) in [4.78, 5) is 29.8. The Bertz CT molecular complexity index is 1180. The molecule has 2 N–H and O–H groups in total. The average molecular weight is 439 g/mol. The predicted octanol–water partition coefficient (Wildman–Crippen LogP) is 3.67. The first-order chi connectivity index (χ1) is 14.9. The van der Waals surface area contributed by atoms with Gasteiger partial charge in [-0.15, -0.1) is 11.3 Å². The highest BCUT2D eigenvalue weighted by atomic mass is 32.1. The van der Waals surface area contributed by atoms with Gasteiger partial charge in [0.25, 0.3) is 0 Å². The van der Waals surface area contributed by atoms with E-state index in [9.17, 15) is 4.79 Å². The minimum Gasteiger partial charge on any atom is -0.444 e. The molecule has 4 rings (SSSR count). The maximum atomic E-state index is 11.9. The molecule has 0 spiro atoms. The number of pyridine rings is 1. The molecule has 0 radical (unpaired) electrons. The molecular weight excluding hydrogens is 416 g/mol. The van der Waals surface area contributed by atoms with Crippen molar-refractivity contribution in [2.24, 2.45) is 0 Å². The lowest BCUT2D eigenvalue weighted by Crippen LogP contribution is -2.27. The second-order valence-corrected chi connectivity index (χ2v) is 8.79. The van der Waals surface area contributed by atoms with Crippen LogP contribution in [0.3, 0.4) is 0 Å². The van der Waals surface area contributed by atoms with Gasteiger partial charge in [-0.2, -0.15) is 5.10 Å². The van der Waals surface area contributed by atoms with Gasteiger partial charge in [0.2, 0.25) is 0 Å². The van der Waals surface area contributed by atoms with Gasteiger partial charge < -0.3 is 10.1 Å². The molecule has 0 saturated carbocycles. The summed E-state index contributed by atoms with van der Waals surface area (Å²) >= 11 is 1.41. The van der Waals surface area contributed by atoms with Crippen molar-refractivity contribution in [3.05, 3.63) is 48.1 Å². The van der Waals surface area contributed by atoms with Crippen LogP contribution in [-0.4, -0.2) is 48.0 Å². The maximum Gasteiger partial charge on any atom is 0.413 e. The number of aromatic nitrogens is 6. The van der Waals surface area contributed by atoms with Crippen LogP contribution in [0.5, 0.6) is 0 Å². The van der Waals surface area contributed by atoms with Gasteiger partial charge in [-0.05, 0) is 32.9 Å². The minimum absolute atomic E-state index is 0.504. The van der Waals surface area contributed by atoms with E-state index in [1.165, 1.54) is 17.7 Å². The molecule has 4 aromatic rings. The number of nitrogens with zero attached hydrogens (tertiary/aromatic N) is 6. The zero-order valence-electron chi connectivity index (χ0n) is 17.4. The molecule has 0 aliphatic heterocycles. The Labute approximate surface area is 182 Å². The topological polar surface area (TPSA) is 120 Å². The molecular formula is C20H22N8O2S. The van der Waals surface area contributed by atoms with Crippen LogP contribution in [0.2, 0.25) is 0 Å². The lowest BCUT2D eigenvalue weighted by Gasteiger charge is -2.18. The summed E-state index contributed by atoms with van der Waals surface area (Å²) < 4.78 is 7.00. The summed E-state index contributed by atoms with van der Waals surface area (Å²) in [6, 6.07) is 3.75. The van der Waals surface area contributed by atoms with Crippen LogP contribution >= 0.6 is 11.3 Å². The number of rotatable bonds is 6. The van der Waals surface area contributed by atoms with E-state index in [4.69, 9.17) is 4.74 Å². The zero-order chi connectivity index (χ0) is 21.8. The van der Waals surface area contributed by atoms with Gasteiger partial charge in [0.1, 0.15) is 17.4 Å². The van der Waals surface area contributed by atoms with Crippen molar-refractivity contribution >= 4 is 39.4 Å². The average Bonchev–Trinajstić information content (AvgIpc) is 3.34. The normalized spacial score (nSPS) is 11.5. The molecule has 31 heavy (non-hydrogen) atoms. The van der Waals surface area contributed by atoms with Gasteiger partial charge in [-0.1, -0.05) is 0 Å². The SMILES string of the molecule is CC(C)(C)OC(=O)Nc1ncc(CCNc2ncnc3cn(-c4ccncc4)nc23)s1. The third-order valence-corrected chi connectivity index (χ3v) is 5.03. The summed E-state index contributed by atoms with van der Waals surface area (Å²) in [5.41, 5.74) is 1.78. The van der Waals surface area contributed by atoms with E-state index in [-0.39, 0.29) is 0 Å². The molecule has 11 heteroatoms. The van der Waals surface area contributed by atoms with Crippen LogP contribution in [0.1, 0.15) is 25.6 Å². The van der Waals surface area contributed by atoms with Crippen molar-refractivity contribution in [2.75, 3.05) is 17.2 Å². The molecule has 1 amide bonds. The van der Waals surface area contributed by atoms with Crippen LogP contribution in [0.25, 0.3) is 16.7 Å². The van der Waals surface area contributed by atoms with E-state index in [1.54, 1.807) is 23.3 Å². The number of carbonyl (C=O) groups excluding carboxylic acids is 1. The number of carbonyl (C=O) groups is 1. The van der Waals surface area contributed by atoms with Crippen molar-refractivity contribution in [1.29, 1.82) is 0 Å². The van der Waals surface area contributed by atoms with Crippen LogP contribution in [0.15, 0.2) is 43.2 Å². The minimum atomic E-state index is -0.554. The van der Waals surface area contributed by atoms with E-state index < -0.39 is 11.7 Å². The van der Waals surface area contributed by atoms with Crippen LogP contribution < -0.4 is 10.6 Å². The first-order valence-corrected chi connectivity index (χ1v) is 10.5. The number of hydrogen-bond donors (Lipinski definition) is 2. The molecule has 4 heterocycles. The molecule has 0 unspecified atom stereocenters. The highest BCUT2D eigenvalue weighted by molar-refractivity contribution is 7.15. The third kappa shape index (κ3) is 5.31. The highest BCUT2D eigenvalue weighted by Gasteiger charge is 2.17. The molecule has 4 aromatic heterocycles. The fourth-order valence-corrected chi connectivity index (χ4v) is 3.57. The van der Waals surface area contributed by atoms with Crippen LogP contribution in [-0.2, 0) is 11.2 Å². The first-order valence-electron chi connectivity index (χ1n) is 9.67. The van der Waals surface area contributed by atoms with Crippen molar-refractivity contribution in [3.63, 3.8) is 0 Å². The second-order valence-electron chi connectivity index (χ2n) is 7.67. The number of amides is 1. The standard InChI is InChI=1S/C20H22N8O2S/c1-20(2,3)30-19(29)26-18-23-10-14(31-18)6-9-22-17-16-15(24-12-25-17)11-28(27-16)13-4-7-21-8-5-13/h4-5,7-8,10-12H,6,9H2,1-3H3,(H,22,24,25)(H,23,26,29). The summed E-state index contributed by atoms with van der Waals surface area (Å²) in [5, 5.41) is 11.1. The van der Waals surface area contributed by atoms with E-state index >= 15 is 0 Å². The van der Waals surface area contributed by atoms with Crippen LogP contribution in [0.4, 0.5) is 15.7 Å². The Balaban J connectivity index is 1.37. The smallest absolute Gasteiger partial charge is 0.413 e. The molecule has 0 bridgehead atoms. The molecule has 0 atom stereocenters. The van der Waals surface area contributed by atoms with Crippen molar-refractivity contribution in [1.82, 2.24) is 29.7 Å². The Morgan fingerprint density at radius 1 is 1.19 bits per heavy atom.